The zero-order valence-electron chi connectivity index (χ0n) is 20.7. The number of carbonyl (C=O) groups excluding carboxylic acids is 1. The summed E-state index contributed by atoms with van der Waals surface area (Å²) in [4.78, 5) is 11.4. The van der Waals surface area contributed by atoms with Crippen LogP contribution >= 0.6 is 0 Å². The van der Waals surface area contributed by atoms with Gasteiger partial charge in [0.15, 0.2) is 0 Å². The summed E-state index contributed by atoms with van der Waals surface area (Å²) in [6.45, 7) is 3.69. The van der Waals surface area contributed by atoms with Gasteiger partial charge in [0.1, 0.15) is 30.8 Å². The maximum absolute atomic E-state index is 11.4. The largest absolute Gasteiger partial charge is 0.508 e. The highest BCUT2D eigenvalue weighted by molar-refractivity contribution is 5.81. The molecule has 0 spiro atoms. The van der Waals surface area contributed by atoms with E-state index in [-0.39, 0.29) is 19.0 Å². The third-order valence-corrected chi connectivity index (χ3v) is 6.35. The van der Waals surface area contributed by atoms with E-state index in [0.717, 1.165) is 28.3 Å². The number of esters is 1. The van der Waals surface area contributed by atoms with Crippen LogP contribution in [0.3, 0.4) is 0 Å². The van der Waals surface area contributed by atoms with Crippen LogP contribution in [0.1, 0.15) is 22.3 Å². The molecule has 0 aliphatic rings. The summed E-state index contributed by atoms with van der Waals surface area (Å²) >= 11 is 0. The molecule has 4 rings (SSSR count). The molecule has 0 aromatic heterocycles. The quantitative estimate of drug-likeness (QED) is 0.160. The highest BCUT2D eigenvalue weighted by Crippen LogP contribution is 2.45. The van der Waals surface area contributed by atoms with Crippen molar-refractivity contribution in [1.29, 1.82) is 0 Å². The molecule has 4 aromatic carbocycles. The lowest BCUT2D eigenvalue weighted by atomic mass is 9.65. The van der Waals surface area contributed by atoms with E-state index in [4.69, 9.17) is 14.2 Å². The van der Waals surface area contributed by atoms with E-state index in [0.29, 0.717) is 5.75 Å². The molecule has 188 valence electrons. The van der Waals surface area contributed by atoms with E-state index in [1.807, 2.05) is 60.7 Å². The van der Waals surface area contributed by atoms with Gasteiger partial charge in [-0.15, -0.1) is 0 Å². The van der Waals surface area contributed by atoms with Crippen molar-refractivity contribution in [2.24, 2.45) is 0 Å². The van der Waals surface area contributed by atoms with E-state index in [9.17, 15) is 9.90 Å². The average molecular weight is 495 g/mol. The minimum atomic E-state index is -0.622. The SMILES string of the molecule is C=CC(=O)OCC(COc1ccc(C(c2ccccc2)(c2ccccc2)c2ccc(O)cc2)cc1)OC. The Hall–Kier alpha value is -4.35. The Kier molecular flexibility index (Phi) is 8.39. The summed E-state index contributed by atoms with van der Waals surface area (Å²) in [5, 5.41) is 10.0. The van der Waals surface area contributed by atoms with Crippen LogP contribution < -0.4 is 4.74 Å². The summed E-state index contributed by atoms with van der Waals surface area (Å²) in [5.41, 5.74) is 3.65. The Morgan fingerprint density at radius 2 is 1.27 bits per heavy atom. The van der Waals surface area contributed by atoms with Crippen LogP contribution in [0.15, 0.2) is 122 Å². The highest BCUT2D eigenvalue weighted by Gasteiger charge is 2.38. The number of methoxy groups -OCH3 is 1. The second-order valence-corrected chi connectivity index (χ2v) is 8.56. The highest BCUT2D eigenvalue weighted by atomic mass is 16.6. The molecule has 0 bridgehead atoms. The van der Waals surface area contributed by atoms with Crippen LogP contribution in [0.4, 0.5) is 0 Å². The molecule has 1 unspecified atom stereocenters. The van der Waals surface area contributed by atoms with Crippen LogP contribution in [-0.2, 0) is 19.7 Å². The second-order valence-electron chi connectivity index (χ2n) is 8.56. The van der Waals surface area contributed by atoms with Gasteiger partial charge in [-0.3, -0.25) is 0 Å². The Morgan fingerprint density at radius 1 is 0.784 bits per heavy atom. The summed E-state index contributed by atoms with van der Waals surface area (Å²) in [5.74, 6) is 0.384. The molecular weight excluding hydrogens is 464 g/mol. The molecule has 5 nitrogen and oxygen atoms in total. The van der Waals surface area contributed by atoms with Crippen molar-refractivity contribution >= 4 is 5.97 Å². The van der Waals surface area contributed by atoms with Crippen molar-refractivity contribution in [2.45, 2.75) is 11.5 Å². The zero-order chi connectivity index (χ0) is 26.1. The fourth-order valence-electron chi connectivity index (χ4n) is 4.50. The van der Waals surface area contributed by atoms with Crippen molar-refractivity contribution in [3.63, 3.8) is 0 Å². The summed E-state index contributed by atoms with van der Waals surface area (Å²) in [6, 6.07) is 36.0. The Morgan fingerprint density at radius 3 is 1.76 bits per heavy atom. The monoisotopic (exact) mass is 494 g/mol. The molecule has 1 atom stereocenters. The molecule has 0 saturated carbocycles. The Bertz CT molecular complexity index is 1240. The molecule has 0 saturated heterocycles. The van der Waals surface area contributed by atoms with Gasteiger partial charge in [0.05, 0.1) is 5.41 Å². The van der Waals surface area contributed by atoms with Gasteiger partial charge in [0.2, 0.25) is 0 Å². The molecule has 4 aromatic rings. The van der Waals surface area contributed by atoms with Gasteiger partial charge in [0.25, 0.3) is 0 Å². The van der Waals surface area contributed by atoms with Gasteiger partial charge in [-0.05, 0) is 46.5 Å². The number of ether oxygens (including phenoxy) is 3. The number of rotatable bonds is 11. The summed E-state index contributed by atoms with van der Waals surface area (Å²) in [7, 11) is 1.55. The van der Waals surface area contributed by atoms with Crippen LogP contribution in [0.25, 0.3) is 0 Å². The lowest BCUT2D eigenvalue weighted by Gasteiger charge is -2.37. The Labute approximate surface area is 217 Å². The topological polar surface area (TPSA) is 65.0 Å². The lowest BCUT2D eigenvalue weighted by Crippen LogP contribution is -2.31. The standard InChI is InChI=1S/C32H30O5/c1-3-31(34)37-23-30(35-2)22-36-29-20-16-27(17-21-29)32(24-10-6-4-7-11-24,25-12-8-5-9-13-25)26-14-18-28(33)19-15-26/h3-21,30,33H,1,22-23H2,2H3. The van der Waals surface area contributed by atoms with Gasteiger partial charge in [-0.1, -0.05) is 91.5 Å². The van der Waals surface area contributed by atoms with Gasteiger partial charge in [0, 0.05) is 13.2 Å². The maximum Gasteiger partial charge on any atom is 0.330 e. The van der Waals surface area contributed by atoms with Crippen LogP contribution in [0.5, 0.6) is 11.5 Å². The summed E-state index contributed by atoms with van der Waals surface area (Å²) < 4.78 is 16.4. The zero-order valence-corrected chi connectivity index (χ0v) is 20.7. The van der Waals surface area contributed by atoms with Crippen molar-refractivity contribution in [2.75, 3.05) is 20.3 Å². The molecule has 1 N–H and O–H groups in total. The second kappa shape index (κ2) is 12.1. The van der Waals surface area contributed by atoms with E-state index in [2.05, 4.69) is 43.0 Å². The predicted octanol–water partition coefficient (Wildman–Crippen LogP) is 5.90. The predicted molar refractivity (Wildman–Crippen MR) is 144 cm³/mol. The fraction of sp³-hybridized carbons (Fsp3) is 0.156. The molecule has 0 aliphatic carbocycles. The lowest BCUT2D eigenvalue weighted by molar-refractivity contribution is -0.141. The number of aromatic hydroxyl groups is 1. The van der Waals surface area contributed by atoms with Gasteiger partial charge in [-0.2, -0.15) is 0 Å². The number of carbonyl (C=O) groups is 1. The van der Waals surface area contributed by atoms with E-state index < -0.39 is 17.5 Å². The van der Waals surface area contributed by atoms with Crippen LogP contribution in [0.2, 0.25) is 0 Å². The molecular formula is C32H30O5. The molecule has 0 amide bonds. The first-order valence-corrected chi connectivity index (χ1v) is 12.0. The third kappa shape index (κ3) is 5.74. The van der Waals surface area contributed by atoms with Crippen LogP contribution in [-0.4, -0.2) is 37.5 Å². The molecule has 5 heteroatoms. The fourth-order valence-corrected chi connectivity index (χ4v) is 4.50. The molecule has 0 heterocycles. The first-order valence-electron chi connectivity index (χ1n) is 12.0. The van der Waals surface area contributed by atoms with E-state index in [1.54, 1.807) is 19.2 Å². The Balaban J connectivity index is 1.72. The van der Waals surface area contributed by atoms with Crippen molar-refractivity contribution in [3.05, 3.63) is 144 Å². The minimum absolute atomic E-state index is 0.0748. The first kappa shape index (κ1) is 25.7. The average Bonchev–Trinajstić information content (AvgIpc) is 2.96. The van der Waals surface area contributed by atoms with Crippen molar-refractivity contribution < 1.29 is 24.1 Å². The first-order chi connectivity index (χ1) is 18.1. The third-order valence-electron chi connectivity index (χ3n) is 6.35. The van der Waals surface area contributed by atoms with Crippen LogP contribution in [0, 0.1) is 0 Å². The molecule has 0 aliphatic heterocycles. The maximum atomic E-state index is 11.4. The molecule has 0 radical (unpaired) electrons. The number of hydrogen-bond donors (Lipinski definition) is 1. The summed E-state index contributed by atoms with van der Waals surface area (Å²) in [6.07, 6.45) is 0.708. The van der Waals surface area contributed by atoms with Crippen molar-refractivity contribution in [1.82, 2.24) is 0 Å². The molecule has 0 fully saturated rings. The minimum Gasteiger partial charge on any atom is -0.508 e. The normalized spacial score (nSPS) is 11.9. The molecule has 37 heavy (non-hydrogen) atoms. The number of benzene rings is 4. The van der Waals surface area contributed by atoms with Gasteiger partial charge >= 0.3 is 5.97 Å². The van der Waals surface area contributed by atoms with E-state index in [1.165, 1.54) is 0 Å². The number of phenolic OH excluding ortho intramolecular Hbond substituents is 1. The van der Waals surface area contributed by atoms with Gasteiger partial charge in [-0.25, -0.2) is 4.79 Å². The van der Waals surface area contributed by atoms with Crippen molar-refractivity contribution in [3.8, 4) is 11.5 Å². The number of hydrogen-bond acceptors (Lipinski definition) is 5. The smallest absolute Gasteiger partial charge is 0.330 e. The number of phenols is 1. The van der Waals surface area contributed by atoms with E-state index >= 15 is 0 Å². The van der Waals surface area contributed by atoms with Gasteiger partial charge < -0.3 is 19.3 Å².